The van der Waals surface area contributed by atoms with Gasteiger partial charge in [-0.1, -0.05) is 6.07 Å². The predicted molar refractivity (Wildman–Crippen MR) is 75.4 cm³/mol. The molecular formula is C14H22N4O. The number of piperazine rings is 1. The van der Waals surface area contributed by atoms with Gasteiger partial charge < -0.3 is 9.88 Å². The molecule has 2 aliphatic rings. The lowest BCUT2D eigenvalue weighted by Crippen LogP contribution is -2.61. The second-order valence-electron chi connectivity index (χ2n) is 5.42. The Hall–Kier alpha value is -1.17. The average Bonchev–Trinajstić information content (AvgIpc) is 2.37. The summed E-state index contributed by atoms with van der Waals surface area (Å²) in [6, 6.07) is 6.10. The second-order valence-corrected chi connectivity index (χ2v) is 5.42. The van der Waals surface area contributed by atoms with E-state index in [2.05, 4.69) is 15.1 Å². The van der Waals surface area contributed by atoms with Crippen LogP contribution in [-0.2, 0) is 6.54 Å². The Morgan fingerprint density at radius 2 is 1.89 bits per heavy atom. The van der Waals surface area contributed by atoms with Crippen molar-refractivity contribution in [2.45, 2.75) is 12.6 Å². The summed E-state index contributed by atoms with van der Waals surface area (Å²) in [7, 11) is 0. The van der Waals surface area contributed by atoms with Gasteiger partial charge in [-0.3, -0.25) is 14.6 Å². The average molecular weight is 262 g/mol. The van der Waals surface area contributed by atoms with Crippen molar-refractivity contribution in [2.24, 2.45) is 0 Å². The first kappa shape index (κ1) is 12.8. The number of rotatable bonds is 4. The molecule has 0 spiro atoms. The minimum absolute atomic E-state index is 0.0988. The van der Waals surface area contributed by atoms with Gasteiger partial charge in [-0.15, -0.1) is 0 Å². The number of hydrogen-bond donors (Lipinski definition) is 1. The fourth-order valence-electron chi connectivity index (χ4n) is 2.78. The summed E-state index contributed by atoms with van der Waals surface area (Å²) in [6.07, 6.45) is 1.87. The first-order valence-corrected chi connectivity index (χ1v) is 7.15. The van der Waals surface area contributed by atoms with Crippen LogP contribution in [0.25, 0.3) is 0 Å². The van der Waals surface area contributed by atoms with Crippen molar-refractivity contribution in [1.82, 2.24) is 19.7 Å². The van der Waals surface area contributed by atoms with Gasteiger partial charge in [0.25, 0.3) is 5.56 Å². The summed E-state index contributed by atoms with van der Waals surface area (Å²) in [5.74, 6) is 0. The molecule has 0 aliphatic carbocycles. The van der Waals surface area contributed by atoms with Gasteiger partial charge in [-0.05, 0) is 6.07 Å². The van der Waals surface area contributed by atoms with Crippen molar-refractivity contribution in [3.8, 4) is 0 Å². The molecule has 0 radical (unpaired) electrons. The maximum absolute atomic E-state index is 11.6. The van der Waals surface area contributed by atoms with Crippen LogP contribution in [0.3, 0.4) is 0 Å². The lowest BCUT2D eigenvalue weighted by Gasteiger charge is -2.43. The number of nitrogens with zero attached hydrogens (tertiary/aromatic N) is 3. The summed E-state index contributed by atoms with van der Waals surface area (Å²) in [6.45, 7) is 8.65. The maximum atomic E-state index is 11.6. The molecule has 0 unspecified atom stereocenters. The maximum Gasteiger partial charge on any atom is 0.250 e. The molecule has 0 aromatic carbocycles. The highest BCUT2D eigenvalue weighted by atomic mass is 16.1. The molecule has 0 amide bonds. The van der Waals surface area contributed by atoms with E-state index in [9.17, 15) is 4.79 Å². The van der Waals surface area contributed by atoms with E-state index in [0.29, 0.717) is 0 Å². The molecule has 2 fully saturated rings. The molecule has 0 atom stereocenters. The van der Waals surface area contributed by atoms with Crippen molar-refractivity contribution >= 4 is 0 Å². The molecular weight excluding hydrogens is 240 g/mol. The zero-order valence-electron chi connectivity index (χ0n) is 11.3. The van der Waals surface area contributed by atoms with Crippen LogP contribution >= 0.6 is 0 Å². The normalized spacial score (nSPS) is 22.3. The SMILES string of the molecule is O=c1ccccn1CCN1CCN(C2CNC2)CC1. The third-order valence-corrected chi connectivity index (χ3v) is 4.24. The molecule has 2 saturated heterocycles. The minimum Gasteiger partial charge on any atom is -0.314 e. The number of nitrogens with one attached hydrogen (secondary N) is 1. The van der Waals surface area contributed by atoms with Gasteiger partial charge in [0.1, 0.15) is 0 Å². The highest BCUT2D eigenvalue weighted by Crippen LogP contribution is 2.09. The molecule has 1 aromatic heterocycles. The van der Waals surface area contributed by atoms with Crippen LogP contribution in [-0.4, -0.2) is 66.2 Å². The zero-order chi connectivity index (χ0) is 13.1. The second kappa shape index (κ2) is 5.86. The lowest BCUT2D eigenvalue weighted by atomic mass is 10.1. The molecule has 1 N–H and O–H groups in total. The molecule has 3 rings (SSSR count). The Labute approximate surface area is 113 Å². The van der Waals surface area contributed by atoms with E-state index >= 15 is 0 Å². The molecule has 2 aliphatic heterocycles. The first-order valence-electron chi connectivity index (χ1n) is 7.15. The summed E-state index contributed by atoms with van der Waals surface area (Å²) in [5.41, 5.74) is 0.0988. The highest BCUT2D eigenvalue weighted by Gasteiger charge is 2.27. The molecule has 0 bridgehead atoms. The van der Waals surface area contributed by atoms with E-state index in [4.69, 9.17) is 0 Å². The molecule has 5 nitrogen and oxygen atoms in total. The van der Waals surface area contributed by atoms with E-state index < -0.39 is 0 Å². The fourth-order valence-corrected chi connectivity index (χ4v) is 2.78. The van der Waals surface area contributed by atoms with E-state index in [1.54, 1.807) is 16.7 Å². The van der Waals surface area contributed by atoms with Gasteiger partial charge in [0.2, 0.25) is 0 Å². The molecule has 3 heterocycles. The monoisotopic (exact) mass is 262 g/mol. The summed E-state index contributed by atoms with van der Waals surface area (Å²) in [5, 5.41) is 3.33. The van der Waals surface area contributed by atoms with Crippen LogP contribution in [0.1, 0.15) is 0 Å². The molecule has 5 heteroatoms. The Balaban J connectivity index is 1.45. The first-order chi connectivity index (χ1) is 9.33. The Morgan fingerprint density at radius 3 is 2.53 bits per heavy atom. The molecule has 19 heavy (non-hydrogen) atoms. The van der Waals surface area contributed by atoms with Gasteiger partial charge >= 0.3 is 0 Å². The largest absolute Gasteiger partial charge is 0.314 e. The summed E-state index contributed by atoms with van der Waals surface area (Å²) in [4.78, 5) is 16.7. The van der Waals surface area contributed by atoms with E-state index in [0.717, 1.165) is 58.4 Å². The van der Waals surface area contributed by atoms with Crippen molar-refractivity contribution in [3.05, 3.63) is 34.7 Å². The van der Waals surface area contributed by atoms with Crippen molar-refractivity contribution in [1.29, 1.82) is 0 Å². The van der Waals surface area contributed by atoms with Crippen LogP contribution in [0.2, 0.25) is 0 Å². The van der Waals surface area contributed by atoms with Crippen LogP contribution in [0.15, 0.2) is 29.2 Å². The summed E-state index contributed by atoms with van der Waals surface area (Å²) < 4.78 is 1.79. The standard InChI is InChI=1S/C14H22N4O/c19-14-3-1-2-4-18(14)10-7-16-5-8-17(9-6-16)13-11-15-12-13/h1-4,13,15H,5-12H2. The number of hydrogen-bond acceptors (Lipinski definition) is 4. The van der Waals surface area contributed by atoms with E-state index in [1.165, 1.54) is 0 Å². The van der Waals surface area contributed by atoms with Crippen LogP contribution in [0.4, 0.5) is 0 Å². The Kier molecular flexibility index (Phi) is 3.96. The number of pyridine rings is 1. The lowest BCUT2D eigenvalue weighted by molar-refractivity contribution is 0.0712. The van der Waals surface area contributed by atoms with Crippen molar-refractivity contribution in [3.63, 3.8) is 0 Å². The minimum atomic E-state index is 0.0988. The van der Waals surface area contributed by atoms with Gasteiger partial charge in [-0.2, -0.15) is 0 Å². The van der Waals surface area contributed by atoms with Gasteiger partial charge in [0, 0.05) is 70.7 Å². The smallest absolute Gasteiger partial charge is 0.250 e. The predicted octanol–water partition coefficient (Wildman–Crippen LogP) is -0.562. The summed E-state index contributed by atoms with van der Waals surface area (Å²) >= 11 is 0. The van der Waals surface area contributed by atoms with Crippen molar-refractivity contribution < 1.29 is 0 Å². The van der Waals surface area contributed by atoms with Crippen molar-refractivity contribution in [2.75, 3.05) is 45.8 Å². The topological polar surface area (TPSA) is 40.5 Å². The van der Waals surface area contributed by atoms with Gasteiger partial charge in [0.15, 0.2) is 0 Å². The third kappa shape index (κ3) is 3.05. The fraction of sp³-hybridized carbons (Fsp3) is 0.643. The van der Waals surface area contributed by atoms with Crippen LogP contribution in [0.5, 0.6) is 0 Å². The number of aromatic nitrogens is 1. The molecule has 1 aromatic rings. The highest BCUT2D eigenvalue weighted by molar-refractivity contribution is 4.93. The molecule has 0 saturated carbocycles. The molecule has 104 valence electrons. The van der Waals surface area contributed by atoms with E-state index in [-0.39, 0.29) is 5.56 Å². The quantitative estimate of drug-likeness (QED) is 0.789. The Bertz CT molecular complexity index is 461. The Morgan fingerprint density at radius 1 is 1.11 bits per heavy atom. The third-order valence-electron chi connectivity index (χ3n) is 4.24. The zero-order valence-corrected chi connectivity index (χ0v) is 11.3. The van der Waals surface area contributed by atoms with E-state index in [1.807, 2.05) is 12.3 Å². The van der Waals surface area contributed by atoms with Crippen LogP contribution in [0, 0.1) is 0 Å². The van der Waals surface area contributed by atoms with Crippen LogP contribution < -0.4 is 10.9 Å². The van der Waals surface area contributed by atoms with Gasteiger partial charge in [-0.25, -0.2) is 0 Å². The van der Waals surface area contributed by atoms with Gasteiger partial charge in [0.05, 0.1) is 0 Å².